The van der Waals surface area contributed by atoms with Gasteiger partial charge in [0, 0.05) is 0 Å². The molecule has 2 heterocycles. The Kier molecular flexibility index (Phi) is 2.57. The van der Waals surface area contributed by atoms with Crippen molar-refractivity contribution < 1.29 is 9.53 Å². The molecule has 0 saturated carbocycles. The minimum Gasteiger partial charge on any atom is -0.444 e. The van der Waals surface area contributed by atoms with E-state index in [-0.39, 0.29) is 12.1 Å². The number of hydrogen-bond acceptors (Lipinski definition) is 4. The SMILES string of the molecule is CC(C)(C)OC(=O)N1CC(n2nccn2)C1. The summed E-state index contributed by atoms with van der Waals surface area (Å²) in [5.41, 5.74) is -0.438. The number of hydrogen-bond donors (Lipinski definition) is 0. The maximum absolute atomic E-state index is 11.6. The zero-order valence-corrected chi connectivity index (χ0v) is 9.75. The van der Waals surface area contributed by atoms with Crippen molar-refractivity contribution in [1.82, 2.24) is 19.9 Å². The molecular weight excluding hydrogens is 208 g/mol. The van der Waals surface area contributed by atoms with Crippen LogP contribution >= 0.6 is 0 Å². The summed E-state index contributed by atoms with van der Waals surface area (Å²) in [7, 11) is 0. The number of carbonyl (C=O) groups is 1. The normalized spacial score (nSPS) is 17.1. The molecule has 0 radical (unpaired) electrons. The Morgan fingerprint density at radius 3 is 2.38 bits per heavy atom. The molecule has 1 aromatic rings. The number of aromatic nitrogens is 3. The fourth-order valence-corrected chi connectivity index (χ4v) is 1.49. The Labute approximate surface area is 94.2 Å². The van der Waals surface area contributed by atoms with E-state index in [0.717, 1.165) is 0 Å². The third-order valence-corrected chi connectivity index (χ3v) is 2.28. The minimum atomic E-state index is -0.438. The summed E-state index contributed by atoms with van der Waals surface area (Å²) in [6, 6.07) is 0.183. The summed E-state index contributed by atoms with van der Waals surface area (Å²) >= 11 is 0. The standard InChI is InChI=1S/C10H16N4O2/c1-10(2,3)16-9(15)13-6-8(7-13)14-11-4-5-12-14/h4-5,8H,6-7H2,1-3H3. The number of ether oxygens (including phenoxy) is 1. The van der Waals surface area contributed by atoms with Crippen LogP contribution in [0.25, 0.3) is 0 Å². The number of nitrogens with zero attached hydrogens (tertiary/aromatic N) is 4. The first-order valence-electron chi connectivity index (χ1n) is 5.29. The van der Waals surface area contributed by atoms with Gasteiger partial charge >= 0.3 is 6.09 Å². The van der Waals surface area contributed by atoms with Gasteiger partial charge in [0.15, 0.2) is 0 Å². The zero-order valence-electron chi connectivity index (χ0n) is 9.75. The van der Waals surface area contributed by atoms with Crippen LogP contribution in [-0.4, -0.2) is 44.7 Å². The van der Waals surface area contributed by atoms with Gasteiger partial charge in [0.2, 0.25) is 0 Å². The molecule has 1 aromatic heterocycles. The molecule has 0 aromatic carbocycles. The fourth-order valence-electron chi connectivity index (χ4n) is 1.49. The van der Waals surface area contributed by atoms with Crippen LogP contribution in [0.3, 0.4) is 0 Å². The second-order valence-corrected chi connectivity index (χ2v) is 4.89. The minimum absolute atomic E-state index is 0.183. The van der Waals surface area contributed by atoms with E-state index in [1.54, 1.807) is 22.1 Å². The molecule has 1 aliphatic heterocycles. The highest BCUT2D eigenvalue weighted by atomic mass is 16.6. The highest BCUT2D eigenvalue weighted by Crippen LogP contribution is 2.21. The van der Waals surface area contributed by atoms with Crippen LogP contribution in [0.2, 0.25) is 0 Å². The van der Waals surface area contributed by atoms with Gasteiger partial charge in [-0.25, -0.2) is 4.79 Å². The largest absolute Gasteiger partial charge is 0.444 e. The summed E-state index contributed by atoms with van der Waals surface area (Å²) in [5.74, 6) is 0. The number of carbonyl (C=O) groups excluding carboxylic acids is 1. The lowest BCUT2D eigenvalue weighted by atomic mass is 10.1. The molecule has 2 rings (SSSR count). The van der Waals surface area contributed by atoms with E-state index in [9.17, 15) is 4.79 Å². The second-order valence-electron chi connectivity index (χ2n) is 4.89. The van der Waals surface area contributed by atoms with Crippen LogP contribution in [0.1, 0.15) is 26.8 Å². The number of likely N-dealkylation sites (tertiary alicyclic amines) is 1. The van der Waals surface area contributed by atoms with Crippen molar-refractivity contribution in [3.8, 4) is 0 Å². The van der Waals surface area contributed by atoms with Crippen molar-refractivity contribution in [2.24, 2.45) is 0 Å². The van der Waals surface area contributed by atoms with Gasteiger partial charge in [-0.3, -0.25) is 0 Å². The van der Waals surface area contributed by atoms with E-state index < -0.39 is 5.60 Å². The van der Waals surface area contributed by atoms with Crippen molar-refractivity contribution >= 4 is 6.09 Å². The molecule has 1 aliphatic rings. The summed E-state index contributed by atoms with van der Waals surface area (Å²) < 4.78 is 5.24. The van der Waals surface area contributed by atoms with Gasteiger partial charge in [-0.15, -0.1) is 0 Å². The van der Waals surface area contributed by atoms with Gasteiger partial charge in [0.05, 0.1) is 25.5 Å². The summed E-state index contributed by atoms with van der Waals surface area (Å²) in [6.45, 7) is 6.80. The Balaban J connectivity index is 1.82. The van der Waals surface area contributed by atoms with Gasteiger partial charge in [-0.05, 0) is 20.8 Å². The number of amides is 1. The van der Waals surface area contributed by atoms with Gasteiger partial charge in [-0.1, -0.05) is 0 Å². The monoisotopic (exact) mass is 224 g/mol. The molecule has 0 bridgehead atoms. The second kappa shape index (κ2) is 3.77. The first-order valence-corrected chi connectivity index (χ1v) is 5.29. The van der Waals surface area contributed by atoms with E-state index in [4.69, 9.17) is 4.74 Å². The molecule has 6 nitrogen and oxygen atoms in total. The Morgan fingerprint density at radius 2 is 1.88 bits per heavy atom. The van der Waals surface area contributed by atoms with Crippen LogP contribution < -0.4 is 0 Å². The Bertz CT molecular complexity index is 363. The lowest BCUT2D eigenvalue weighted by Crippen LogP contribution is -2.52. The molecule has 0 atom stereocenters. The fraction of sp³-hybridized carbons (Fsp3) is 0.700. The van der Waals surface area contributed by atoms with Crippen LogP contribution in [-0.2, 0) is 4.74 Å². The Morgan fingerprint density at radius 1 is 1.31 bits per heavy atom. The quantitative estimate of drug-likeness (QED) is 0.716. The lowest BCUT2D eigenvalue weighted by Gasteiger charge is -2.38. The summed E-state index contributed by atoms with van der Waals surface area (Å²) in [4.78, 5) is 14.9. The van der Waals surface area contributed by atoms with Gasteiger partial charge < -0.3 is 9.64 Å². The highest BCUT2D eigenvalue weighted by molar-refractivity contribution is 5.69. The average molecular weight is 224 g/mol. The Hall–Kier alpha value is -1.59. The molecule has 1 saturated heterocycles. The van der Waals surface area contributed by atoms with Crippen molar-refractivity contribution in [3.63, 3.8) is 0 Å². The van der Waals surface area contributed by atoms with Gasteiger partial charge in [0.1, 0.15) is 11.6 Å². The van der Waals surface area contributed by atoms with E-state index in [1.165, 1.54) is 0 Å². The maximum Gasteiger partial charge on any atom is 0.410 e. The predicted octanol–water partition coefficient (Wildman–Crippen LogP) is 1.07. The van der Waals surface area contributed by atoms with Crippen molar-refractivity contribution in [2.45, 2.75) is 32.4 Å². The molecule has 0 N–H and O–H groups in total. The summed E-state index contributed by atoms with van der Waals surface area (Å²) in [5, 5.41) is 8.07. The third kappa shape index (κ3) is 2.32. The molecule has 6 heteroatoms. The van der Waals surface area contributed by atoms with Crippen molar-refractivity contribution in [3.05, 3.63) is 12.4 Å². The van der Waals surface area contributed by atoms with Crippen LogP contribution in [0.15, 0.2) is 12.4 Å². The van der Waals surface area contributed by atoms with E-state index >= 15 is 0 Å². The first kappa shape index (κ1) is 10.9. The summed E-state index contributed by atoms with van der Waals surface area (Å²) in [6.07, 6.45) is 3.00. The molecule has 0 spiro atoms. The van der Waals surface area contributed by atoms with Crippen LogP contribution in [0, 0.1) is 0 Å². The average Bonchev–Trinajstić information content (AvgIpc) is 2.49. The predicted molar refractivity (Wildman–Crippen MR) is 56.9 cm³/mol. The van der Waals surface area contributed by atoms with E-state index in [1.807, 2.05) is 20.8 Å². The van der Waals surface area contributed by atoms with Gasteiger partial charge in [0.25, 0.3) is 0 Å². The van der Waals surface area contributed by atoms with Crippen LogP contribution in [0.5, 0.6) is 0 Å². The van der Waals surface area contributed by atoms with E-state index in [0.29, 0.717) is 13.1 Å². The molecular formula is C10H16N4O2. The molecule has 88 valence electrons. The molecule has 1 fully saturated rings. The topological polar surface area (TPSA) is 60.2 Å². The van der Waals surface area contributed by atoms with Crippen molar-refractivity contribution in [1.29, 1.82) is 0 Å². The zero-order chi connectivity index (χ0) is 11.8. The van der Waals surface area contributed by atoms with Gasteiger partial charge in [-0.2, -0.15) is 15.0 Å². The molecule has 0 unspecified atom stereocenters. The molecule has 16 heavy (non-hydrogen) atoms. The van der Waals surface area contributed by atoms with Crippen molar-refractivity contribution in [2.75, 3.05) is 13.1 Å². The van der Waals surface area contributed by atoms with Crippen LogP contribution in [0.4, 0.5) is 4.79 Å². The first-order chi connectivity index (χ1) is 7.46. The smallest absolute Gasteiger partial charge is 0.410 e. The number of rotatable bonds is 1. The molecule has 0 aliphatic carbocycles. The lowest BCUT2D eigenvalue weighted by molar-refractivity contribution is -0.00223. The highest BCUT2D eigenvalue weighted by Gasteiger charge is 2.35. The van der Waals surface area contributed by atoms with E-state index in [2.05, 4.69) is 10.2 Å². The third-order valence-electron chi connectivity index (χ3n) is 2.28. The molecule has 1 amide bonds. The maximum atomic E-state index is 11.6.